The van der Waals surface area contributed by atoms with Gasteiger partial charge in [0.05, 0.1) is 5.52 Å². The molecule has 0 saturated carbocycles. The Morgan fingerprint density at radius 2 is 2.00 bits per heavy atom. The van der Waals surface area contributed by atoms with E-state index < -0.39 is 0 Å². The normalized spacial score (nSPS) is 11.2. The second-order valence-corrected chi connectivity index (χ2v) is 4.24. The number of halogens is 2. The molecule has 0 aliphatic heterocycles. The van der Waals surface area contributed by atoms with E-state index in [1.165, 1.54) is 12.1 Å². The summed E-state index contributed by atoms with van der Waals surface area (Å²) in [4.78, 5) is 8.47. The number of fused-ring (bicyclic) bond motifs is 3. The number of aryl methyl sites for hydroxylation is 1. The lowest BCUT2D eigenvalue weighted by Crippen LogP contribution is -1.90. The van der Waals surface area contributed by atoms with E-state index in [0.717, 1.165) is 22.0 Å². The second-order valence-electron chi connectivity index (χ2n) is 3.88. The second kappa shape index (κ2) is 3.64. The summed E-state index contributed by atoms with van der Waals surface area (Å²) in [5.74, 6) is -0.288. The highest BCUT2D eigenvalue weighted by molar-refractivity contribution is 6.36. The van der Waals surface area contributed by atoms with Crippen molar-refractivity contribution >= 4 is 33.3 Å². The van der Waals surface area contributed by atoms with E-state index in [4.69, 9.17) is 11.6 Å². The van der Waals surface area contributed by atoms with Crippen LogP contribution in [0.25, 0.3) is 21.7 Å². The summed E-state index contributed by atoms with van der Waals surface area (Å²) in [5, 5.41) is 2.71. The fourth-order valence-electron chi connectivity index (χ4n) is 2.05. The lowest BCUT2D eigenvalue weighted by molar-refractivity contribution is 0.630. The fraction of sp³-hybridized carbons (Fsp3) is 0.0769. The van der Waals surface area contributed by atoms with Gasteiger partial charge in [-0.05, 0) is 36.6 Å². The predicted octanol–water partition coefficient (Wildman–Crippen LogP) is 3.88. The van der Waals surface area contributed by atoms with Gasteiger partial charge in [0.15, 0.2) is 0 Å². The van der Waals surface area contributed by atoms with Crippen molar-refractivity contribution in [2.24, 2.45) is 0 Å². The van der Waals surface area contributed by atoms with Gasteiger partial charge in [0.2, 0.25) is 0 Å². The first-order valence-electron chi connectivity index (χ1n) is 5.17. The molecule has 2 heterocycles. The number of hydrogen-bond donors (Lipinski definition) is 0. The van der Waals surface area contributed by atoms with E-state index in [0.29, 0.717) is 10.5 Å². The van der Waals surface area contributed by atoms with Gasteiger partial charge in [-0.15, -0.1) is 0 Å². The largest absolute Gasteiger partial charge is 0.252 e. The fourth-order valence-corrected chi connectivity index (χ4v) is 2.30. The molecular weight excluding hydrogens is 239 g/mol. The van der Waals surface area contributed by atoms with Gasteiger partial charge < -0.3 is 0 Å². The molecule has 0 radical (unpaired) electrons. The third kappa shape index (κ3) is 1.54. The zero-order valence-electron chi connectivity index (χ0n) is 9.04. The third-order valence-electron chi connectivity index (χ3n) is 2.81. The van der Waals surface area contributed by atoms with Crippen LogP contribution in [-0.4, -0.2) is 9.97 Å². The molecule has 2 nitrogen and oxygen atoms in total. The minimum Gasteiger partial charge on any atom is -0.252 e. The molecule has 0 saturated heterocycles. The minimum absolute atomic E-state index is 0.288. The average Bonchev–Trinajstić information content (AvgIpc) is 2.28. The molecule has 0 bridgehead atoms. The number of nitrogens with zero attached hydrogens (tertiary/aromatic N) is 2. The first kappa shape index (κ1) is 10.4. The Morgan fingerprint density at radius 3 is 2.82 bits per heavy atom. The van der Waals surface area contributed by atoms with Gasteiger partial charge in [-0.25, -0.2) is 9.37 Å². The summed E-state index contributed by atoms with van der Waals surface area (Å²) >= 11 is 6.07. The first-order valence-corrected chi connectivity index (χ1v) is 5.54. The van der Waals surface area contributed by atoms with Crippen molar-refractivity contribution in [1.82, 2.24) is 9.97 Å². The van der Waals surface area contributed by atoms with Gasteiger partial charge in [-0.2, -0.15) is 0 Å². The minimum atomic E-state index is -0.288. The van der Waals surface area contributed by atoms with Crippen LogP contribution in [0.1, 0.15) is 5.69 Å². The molecule has 0 unspecified atom stereocenters. The van der Waals surface area contributed by atoms with E-state index in [9.17, 15) is 4.39 Å². The highest BCUT2D eigenvalue weighted by Gasteiger charge is 2.09. The lowest BCUT2D eigenvalue weighted by atomic mass is 10.1. The van der Waals surface area contributed by atoms with Gasteiger partial charge in [-0.1, -0.05) is 11.6 Å². The van der Waals surface area contributed by atoms with Crippen LogP contribution in [0.2, 0.25) is 5.15 Å². The molecule has 0 spiro atoms. The highest BCUT2D eigenvalue weighted by atomic mass is 35.5. The predicted molar refractivity (Wildman–Crippen MR) is 66.7 cm³/mol. The molecule has 0 aliphatic rings. The van der Waals surface area contributed by atoms with Crippen LogP contribution in [0.5, 0.6) is 0 Å². The average molecular weight is 247 g/mol. The highest BCUT2D eigenvalue weighted by Crippen LogP contribution is 2.30. The van der Waals surface area contributed by atoms with Crippen LogP contribution in [-0.2, 0) is 0 Å². The Hall–Kier alpha value is -1.74. The van der Waals surface area contributed by atoms with E-state index in [-0.39, 0.29) is 5.82 Å². The standard InChI is InChI=1S/C13H8ClFN2/c1-7-9-3-2-8(15)6-10(9)12-11(17-7)4-5-16-13(12)14/h2-6H,1H3. The third-order valence-corrected chi connectivity index (χ3v) is 3.10. The quantitative estimate of drug-likeness (QED) is 0.444. The van der Waals surface area contributed by atoms with Crippen LogP contribution in [0, 0.1) is 12.7 Å². The molecule has 0 N–H and O–H groups in total. The Balaban J connectivity index is 2.65. The van der Waals surface area contributed by atoms with Crippen molar-refractivity contribution in [3.63, 3.8) is 0 Å². The summed E-state index contributed by atoms with van der Waals surface area (Å²) < 4.78 is 13.3. The van der Waals surface area contributed by atoms with Crippen LogP contribution in [0.4, 0.5) is 4.39 Å². The maximum absolute atomic E-state index is 13.3. The van der Waals surface area contributed by atoms with Crippen LogP contribution in [0.15, 0.2) is 30.5 Å². The van der Waals surface area contributed by atoms with Gasteiger partial charge in [-0.3, -0.25) is 4.98 Å². The number of hydrogen-bond acceptors (Lipinski definition) is 2. The molecule has 3 aromatic rings. The smallest absolute Gasteiger partial charge is 0.139 e. The van der Waals surface area contributed by atoms with Gasteiger partial charge in [0.25, 0.3) is 0 Å². The van der Waals surface area contributed by atoms with Crippen LogP contribution < -0.4 is 0 Å². The molecule has 2 aromatic heterocycles. The summed E-state index contributed by atoms with van der Waals surface area (Å²) in [6.07, 6.45) is 1.60. The molecule has 3 rings (SSSR count). The summed E-state index contributed by atoms with van der Waals surface area (Å²) in [6, 6.07) is 6.39. The zero-order chi connectivity index (χ0) is 12.0. The SMILES string of the molecule is Cc1nc2ccnc(Cl)c2c2cc(F)ccc12. The van der Waals surface area contributed by atoms with E-state index >= 15 is 0 Å². The van der Waals surface area contributed by atoms with Crippen molar-refractivity contribution in [2.75, 3.05) is 0 Å². The molecule has 1 aromatic carbocycles. The van der Waals surface area contributed by atoms with E-state index in [2.05, 4.69) is 9.97 Å². The Bertz CT molecular complexity index is 740. The van der Waals surface area contributed by atoms with Gasteiger partial charge in [0, 0.05) is 22.7 Å². The van der Waals surface area contributed by atoms with Crippen molar-refractivity contribution in [3.05, 3.63) is 47.1 Å². The zero-order valence-corrected chi connectivity index (χ0v) is 9.79. The number of benzene rings is 1. The van der Waals surface area contributed by atoms with Crippen LogP contribution >= 0.6 is 11.6 Å². The summed E-state index contributed by atoms with van der Waals surface area (Å²) in [5.41, 5.74) is 1.59. The van der Waals surface area contributed by atoms with E-state index in [1.807, 2.05) is 6.92 Å². The topological polar surface area (TPSA) is 25.8 Å². The molecular formula is C13H8ClFN2. The maximum Gasteiger partial charge on any atom is 0.139 e. The summed E-state index contributed by atoms with van der Waals surface area (Å²) in [7, 11) is 0. The van der Waals surface area contributed by atoms with Crippen LogP contribution in [0.3, 0.4) is 0 Å². The molecule has 0 aliphatic carbocycles. The Kier molecular flexibility index (Phi) is 2.23. The number of pyridine rings is 2. The molecule has 0 atom stereocenters. The molecule has 84 valence electrons. The number of rotatable bonds is 0. The Morgan fingerprint density at radius 1 is 1.18 bits per heavy atom. The first-order chi connectivity index (χ1) is 8.16. The van der Waals surface area contributed by atoms with Crippen molar-refractivity contribution in [1.29, 1.82) is 0 Å². The van der Waals surface area contributed by atoms with Gasteiger partial charge in [0.1, 0.15) is 11.0 Å². The Labute approximate surface area is 102 Å². The van der Waals surface area contributed by atoms with E-state index in [1.54, 1.807) is 18.3 Å². The summed E-state index contributed by atoms with van der Waals surface area (Å²) in [6.45, 7) is 1.90. The molecule has 0 amide bonds. The van der Waals surface area contributed by atoms with Crippen molar-refractivity contribution in [3.8, 4) is 0 Å². The molecule has 4 heteroatoms. The monoisotopic (exact) mass is 246 g/mol. The molecule has 17 heavy (non-hydrogen) atoms. The lowest BCUT2D eigenvalue weighted by Gasteiger charge is -2.07. The number of aromatic nitrogens is 2. The van der Waals surface area contributed by atoms with Gasteiger partial charge >= 0.3 is 0 Å². The van der Waals surface area contributed by atoms with Crippen molar-refractivity contribution in [2.45, 2.75) is 6.92 Å². The maximum atomic E-state index is 13.3. The van der Waals surface area contributed by atoms with Crippen molar-refractivity contribution < 1.29 is 4.39 Å². The molecule has 0 fully saturated rings.